The number of rotatable bonds is 5. The molecule has 0 aromatic heterocycles. The van der Waals surface area contributed by atoms with Crippen molar-refractivity contribution in [3.05, 3.63) is 0 Å². The van der Waals surface area contributed by atoms with Crippen LogP contribution in [0.5, 0.6) is 0 Å². The molecule has 1 heterocycles. The molecule has 1 amide bonds. The molecule has 2 rings (SSSR count). The van der Waals surface area contributed by atoms with Crippen molar-refractivity contribution in [2.24, 2.45) is 17.7 Å². The fraction of sp³-hybridized carbons (Fsp3) is 0.867. The first-order valence-corrected chi connectivity index (χ1v) is 8.09. The van der Waals surface area contributed by atoms with Crippen LogP contribution < -0.4 is 11.2 Å². The molecule has 2 aliphatic rings. The van der Waals surface area contributed by atoms with Gasteiger partial charge < -0.3 is 5.32 Å². The summed E-state index contributed by atoms with van der Waals surface area (Å²) in [6, 6.07) is 0. The number of carbonyl (C=O) groups excluding carboxylic acids is 2. The third kappa shape index (κ3) is 4.49. The van der Waals surface area contributed by atoms with Crippen LogP contribution in [0.3, 0.4) is 0 Å². The summed E-state index contributed by atoms with van der Waals surface area (Å²) in [5.41, 5.74) is 0. The first-order valence-electron chi connectivity index (χ1n) is 8.09. The molecule has 0 spiro atoms. The maximum absolute atomic E-state index is 12.5. The highest BCUT2D eigenvalue weighted by Crippen LogP contribution is 2.31. The van der Waals surface area contributed by atoms with Crippen molar-refractivity contribution in [3.63, 3.8) is 0 Å². The third-order valence-corrected chi connectivity index (χ3v) is 4.76. The van der Waals surface area contributed by atoms with Crippen LogP contribution in [0, 0.1) is 11.8 Å². The lowest BCUT2D eigenvalue weighted by Crippen LogP contribution is -2.51. The summed E-state index contributed by atoms with van der Waals surface area (Å²) >= 11 is 0. The fourth-order valence-electron chi connectivity index (χ4n) is 3.42. The largest absolute Gasteiger partial charge is 0.314 e. The van der Waals surface area contributed by atoms with E-state index in [1.54, 1.807) is 6.92 Å². The first kappa shape index (κ1) is 16.4. The smallest absolute Gasteiger partial charge is 0.240 e. The van der Waals surface area contributed by atoms with Gasteiger partial charge in [-0.05, 0) is 19.8 Å². The molecule has 0 aromatic carbocycles. The van der Waals surface area contributed by atoms with Gasteiger partial charge in [-0.3, -0.25) is 19.5 Å². The van der Waals surface area contributed by atoms with Gasteiger partial charge >= 0.3 is 0 Å². The third-order valence-electron chi connectivity index (χ3n) is 4.76. The van der Waals surface area contributed by atoms with E-state index in [2.05, 4.69) is 10.2 Å². The minimum absolute atomic E-state index is 0.0509. The Kier molecular flexibility index (Phi) is 6.14. The fourth-order valence-corrected chi connectivity index (χ4v) is 3.42. The second kappa shape index (κ2) is 7.87. The standard InChI is InChI=1S/C15H28N4O2/c1-12(20)13-4-2-3-5-14(13)15(21)19(16)11-10-18-8-6-17-7-9-18/h13-14,17H,2-11,16H2,1H3/t13-,14-/m0/s1. The SMILES string of the molecule is CC(=O)[C@@H]1CCCC[C@@H]1C(=O)N(N)CCN1CCNCC1. The average molecular weight is 296 g/mol. The summed E-state index contributed by atoms with van der Waals surface area (Å²) < 4.78 is 0. The maximum atomic E-state index is 12.5. The molecular formula is C15H28N4O2. The van der Waals surface area contributed by atoms with Crippen LogP contribution in [0.15, 0.2) is 0 Å². The lowest BCUT2D eigenvalue weighted by molar-refractivity contribution is -0.143. The van der Waals surface area contributed by atoms with Crippen LogP contribution in [0.25, 0.3) is 0 Å². The van der Waals surface area contributed by atoms with Crippen molar-refractivity contribution < 1.29 is 9.59 Å². The summed E-state index contributed by atoms with van der Waals surface area (Å²) in [6.45, 7) is 6.93. The number of carbonyl (C=O) groups is 2. The zero-order chi connectivity index (χ0) is 15.2. The molecule has 2 fully saturated rings. The molecule has 0 aromatic rings. The maximum Gasteiger partial charge on any atom is 0.240 e. The van der Waals surface area contributed by atoms with Gasteiger partial charge in [-0.25, -0.2) is 5.84 Å². The zero-order valence-electron chi connectivity index (χ0n) is 13.0. The molecule has 6 nitrogen and oxygen atoms in total. The number of nitrogens with one attached hydrogen (secondary N) is 1. The topological polar surface area (TPSA) is 78.7 Å². The first-order chi connectivity index (χ1) is 10.1. The van der Waals surface area contributed by atoms with Gasteiger partial charge in [0, 0.05) is 51.1 Å². The molecule has 1 aliphatic carbocycles. The van der Waals surface area contributed by atoms with E-state index in [4.69, 9.17) is 5.84 Å². The van der Waals surface area contributed by atoms with E-state index in [0.717, 1.165) is 58.4 Å². The van der Waals surface area contributed by atoms with E-state index in [0.29, 0.717) is 6.54 Å². The monoisotopic (exact) mass is 296 g/mol. The number of hydrogen-bond donors (Lipinski definition) is 2. The van der Waals surface area contributed by atoms with E-state index in [-0.39, 0.29) is 23.5 Å². The van der Waals surface area contributed by atoms with E-state index >= 15 is 0 Å². The Labute approximate surface area is 127 Å². The highest BCUT2D eigenvalue weighted by Gasteiger charge is 2.35. The Bertz CT molecular complexity index is 369. The number of hydrogen-bond acceptors (Lipinski definition) is 5. The predicted octanol–water partition coefficient (Wildman–Crippen LogP) is -0.0107. The normalized spacial score (nSPS) is 27.3. The van der Waals surface area contributed by atoms with E-state index in [1.807, 2.05) is 0 Å². The van der Waals surface area contributed by atoms with Crippen molar-refractivity contribution in [1.82, 2.24) is 15.2 Å². The number of nitrogens with zero attached hydrogens (tertiary/aromatic N) is 2. The van der Waals surface area contributed by atoms with Crippen molar-refractivity contribution >= 4 is 11.7 Å². The van der Waals surface area contributed by atoms with Crippen LogP contribution in [-0.4, -0.2) is 60.9 Å². The van der Waals surface area contributed by atoms with E-state index in [9.17, 15) is 9.59 Å². The number of nitrogens with two attached hydrogens (primary N) is 1. The molecule has 0 bridgehead atoms. The van der Waals surface area contributed by atoms with E-state index < -0.39 is 0 Å². The predicted molar refractivity (Wildman–Crippen MR) is 81.3 cm³/mol. The summed E-state index contributed by atoms with van der Waals surface area (Å²) in [7, 11) is 0. The van der Waals surface area contributed by atoms with Crippen molar-refractivity contribution in [1.29, 1.82) is 0 Å². The molecule has 6 heteroatoms. The molecule has 0 radical (unpaired) electrons. The zero-order valence-corrected chi connectivity index (χ0v) is 13.0. The van der Waals surface area contributed by atoms with Crippen LogP contribution in [-0.2, 0) is 9.59 Å². The van der Waals surface area contributed by atoms with E-state index in [1.165, 1.54) is 5.01 Å². The number of piperazine rings is 1. The number of amides is 1. The lowest BCUT2D eigenvalue weighted by atomic mass is 9.76. The molecule has 0 unspecified atom stereocenters. The average Bonchev–Trinajstić information content (AvgIpc) is 2.52. The number of hydrazine groups is 1. The Morgan fingerprint density at radius 1 is 1.19 bits per heavy atom. The van der Waals surface area contributed by atoms with Gasteiger partial charge in [0.25, 0.3) is 0 Å². The summed E-state index contributed by atoms with van der Waals surface area (Å²) in [4.78, 5) is 26.5. The second-order valence-corrected chi connectivity index (χ2v) is 6.23. The highest BCUT2D eigenvalue weighted by molar-refractivity contribution is 5.87. The van der Waals surface area contributed by atoms with Crippen molar-refractivity contribution in [2.75, 3.05) is 39.3 Å². The van der Waals surface area contributed by atoms with Gasteiger partial charge in [-0.1, -0.05) is 12.8 Å². The van der Waals surface area contributed by atoms with Crippen LogP contribution >= 0.6 is 0 Å². The molecule has 1 aliphatic heterocycles. The van der Waals surface area contributed by atoms with Crippen LogP contribution in [0.2, 0.25) is 0 Å². The molecule has 1 saturated carbocycles. The van der Waals surface area contributed by atoms with Crippen LogP contribution in [0.4, 0.5) is 0 Å². The number of ketones is 1. The van der Waals surface area contributed by atoms with Gasteiger partial charge in [0.05, 0.1) is 0 Å². The van der Waals surface area contributed by atoms with Crippen molar-refractivity contribution in [2.45, 2.75) is 32.6 Å². The second-order valence-electron chi connectivity index (χ2n) is 6.23. The quantitative estimate of drug-likeness (QED) is 0.424. The Balaban J connectivity index is 1.83. The van der Waals surface area contributed by atoms with Gasteiger partial charge in [-0.15, -0.1) is 0 Å². The summed E-state index contributed by atoms with van der Waals surface area (Å²) in [6.07, 6.45) is 3.69. The molecule has 120 valence electrons. The highest BCUT2D eigenvalue weighted by atomic mass is 16.2. The Morgan fingerprint density at radius 3 is 2.43 bits per heavy atom. The van der Waals surface area contributed by atoms with Gasteiger partial charge in [-0.2, -0.15) is 0 Å². The van der Waals surface area contributed by atoms with Crippen LogP contribution in [0.1, 0.15) is 32.6 Å². The lowest BCUT2D eigenvalue weighted by Gasteiger charge is -2.33. The van der Waals surface area contributed by atoms with Crippen molar-refractivity contribution in [3.8, 4) is 0 Å². The number of Topliss-reactive ketones (excluding diaryl/α,β-unsaturated/α-hetero) is 1. The van der Waals surface area contributed by atoms with Gasteiger partial charge in [0.15, 0.2) is 0 Å². The minimum Gasteiger partial charge on any atom is -0.314 e. The molecule has 21 heavy (non-hydrogen) atoms. The molecule has 1 saturated heterocycles. The van der Waals surface area contributed by atoms with Gasteiger partial charge in [0.2, 0.25) is 5.91 Å². The Hall–Kier alpha value is -0.980. The molecule has 2 atom stereocenters. The Morgan fingerprint density at radius 2 is 1.81 bits per heavy atom. The molecule has 3 N–H and O–H groups in total. The minimum atomic E-state index is -0.204. The summed E-state index contributed by atoms with van der Waals surface area (Å²) in [5.74, 6) is 5.70. The summed E-state index contributed by atoms with van der Waals surface area (Å²) in [5, 5.41) is 4.65. The van der Waals surface area contributed by atoms with Gasteiger partial charge in [0.1, 0.15) is 5.78 Å². The molecular weight excluding hydrogens is 268 g/mol.